The van der Waals surface area contributed by atoms with Crippen LogP contribution in [-0.4, -0.2) is 42.0 Å². The minimum atomic E-state index is -1.14. The summed E-state index contributed by atoms with van der Waals surface area (Å²) < 4.78 is 6.18. The number of rotatable bonds is 11. The molecular weight excluding hydrogens is 634 g/mol. The third-order valence-electron chi connectivity index (χ3n) is 16.2. The summed E-state index contributed by atoms with van der Waals surface area (Å²) in [7, 11) is 0. The lowest BCUT2D eigenvalue weighted by Gasteiger charge is -2.72. The van der Waals surface area contributed by atoms with Gasteiger partial charge in [0.1, 0.15) is 6.10 Å². The Balaban J connectivity index is 1.22. The molecule has 4 fully saturated rings. The van der Waals surface area contributed by atoms with Crippen LogP contribution >= 0.6 is 0 Å². The first-order valence-corrected chi connectivity index (χ1v) is 20.3. The number of esters is 1. The summed E-state index contributed by atoms with van der Waals surface area (Å²) in [6.45, 7) is 22.0. The number of Topliss-reactive ketones (excluding diaryl/α,β-unsaturated/α-hetero) is 1. The highest BCUT2D eigenvalue weighted by Gasteiger charge is 2.70. The second-order valence-corrected chi connectivity index (χ2v) is 19.9. The number of nitrogens with one attached hydrogen (secondary N) is 1. The zero-order chi connectivity index (χ0) is 37.2. The fraction of sp³-hybridized carbons (Fsp3) is 0.756. The molecule has 0 aromatic heterocycles. The van der Waals surface area contributed by atoms with Gasteiger partial charge in [-0.1, -0.05) is 84.4 Å². The smallest absolute Gasteiger partial charge is 0.309 e. The van der Waals surface area contributed by atoms with Crippen LogP contribution in [0.3, 0.4) is 0 Å². The molecule has 8 atom stereocenters. The van der Waals surface area contributed by atoms with Gasteiger partial charge in [-0.2, -0.15) is 0 Å². The number of benzene rings is 1. The highest BCUT2D eigenvalue weighted by atomic mass is 16.5. The summed E-state index contributed by atoms with van der Waals surface area (Å²) in [6.07, 6.45) is 11.2. The molecule has 0 radical (unpaired) electrons. The van der Waals surface area contributed by atoms with Crippen LogP contribution in [-0.2, 0) is 25.5 Å². The highest BCUT2D eigenvalue weighted by Crippen LogP contribution is 2.77. The lowest BCUT2D eigenvalue weighted by molar-refractivity contribution is -0.233. The number of carboxylic acid groups (broad SMARTS) is 1. The maximum absolute atomic E-state index is 14.0. The van der Waals surface area contributed by atoms with Gasteiger partial charge in [0.2, 0.25) is 0 Å². The molecule has 1 aromatic rings. The minimum absolute atomic E-state index is 0.00988. The zero-order valence-electron chi connectivity index (χ0n) is 33.3. The molecule has 0 saturated heterocycles. The first kappa shape index (κ1) is 38.3. The number of hydrogen-bond donors (Lipinski definition) is 2. The largest absolute Gasteiger partial charge is 0.481 e. The normalized spacial score (nSPS) is 37.3. The van der Waals surface area contributed by atoms with Gasteiger partial charge in [0.05, 0.1) is 11.8 Å². The maximum atomic E-state index is 14.0. The standard InChI is InChI=1S/C45H67NO5/c1-29(2)37-32(47)27-45(24-26-46-25-19-30-13-11-10-12-14-30)23-22-43(8)31(38(37)45)15-16-34-42(7)20-18-35(51-36(48)28-40(3,4)39(49)50)41(5,6)33(42)17-21-44(34,43)9/h10-14,29,31,33-35,46H,15-28H2,1-9H3,(H,49,50)/t31-,33-,34+,35?,42+,43-,44-,45-/m1/s1. The van der Waals surface area contributed by atoms with E-state index in [0.29, 0.717) is 30.0 Å². The Morgan fingerprint density at radius 3 is 2.27 bits per heavy atom. The van der Waals surface area contributed by atoms with E-state index in [0.717, 1.165) is 64.5 Å². The average Bonchev–Trinajstić information content (AvgIpc) is 3.35. The quantitative estimate of drug-likeness (QED) is 0.176. The predicted octanol–water partition coefficient (Wildman–Crippen LogP) is 9.60. The van der Waals surface area contributed by atoms with Crippen molar-refractivity contribution in [2.45, 2.75) is 145 Å². The molecule has 1 aromatic carbocycles. The molecule has 0 amide bonds. The van der Waals surface area contributed by atoms with E-state index in [1.807, 2.05) is 0 Å². The molecule has 6 nitrogen and oxygen atoms in total. The molecule has 5 aliphatic rings. The van der Waals surface area contributed by atoms with Crippen molar-refractivity contribution in [2.24, 2.45) is 56.2 Å². The number of hydrogen-bond acceptors (Lipinski definition) is 5. The lowest BCUT2D eigenvalue weighted by atomic mass is 9.33. The second kappa shape index (κ2) is 13.4. The fourth-order valence-electron chi connectivity index (χ4n) is 13.2. The van der Waals surface area contributed by atoms with E-state index in [1.54, 1.807) is 19.4 Å². The van der Waals surface area contributed by atoms with Gasteiger partial charge < -0.3 is 15.2 Å². The third-order valence-corrected chi connectivity index (χ3v) is 16.2. The van der Waals surface area contributed by atoms with E-state index in [4.69, 9.17) is 4.74 Å². The SMILES string of the molecule is CC(C)C1=C2[C@H]3CC[C@H]4[C@@]5(C)CCC(OC(=O)CC(C)(C)C(=O)O)C(C)(C)[C@H]5CC[C@@]4(C)[C@]3(C)CC[C@@]2(CCNCCc2ccccc2)CC1=O. The van der Waals surface area contributed by atoms with Crippen LogP contribution in [0.4, 0.5) is 0 Å². The monoisotopic (exact) mass is 702 g/mol. The Hall–Kier alpha value is -2.47. The van der Waals surface area contributed by atoms with Crippen molar-refractivity contribution >= 4 is 17.7 Å². The van der Waals surface area contributed by atoms with E-state index in [2.05, 4.69) is 84.1 Å². The third kappa shape index (κ3) is 6.25. The number of carbonyl (C=O) groups excluding carboxylic acids is 2. The number of allylic oxidation sites excluding steroid dienone is 2. The minimum Gasteiger partial charge on any atom is -0.481 e. The Labute approximate surface area is 308 Å². The Kier molecular flexibility index (Phi) is 10.1. The molecule has 6 heteroatoms. The maximum Gasteiger partial charge on any atom is 0.309 e. The molecule has 51 heavy (non-hydrogen) atoms. The number of ketones is 1. The summed E-state index contributed by atoms with van der Waals surface area (Å²) in [5.41, 5.74) is 3.17. The lowest BCUT2D eigenvalue weighted by Crippen LogP contribution is -2.65. The Morgan fingerprint density at radius 2 is 1.61 bits per heavy atom. The van der Waals surface area contributed by atoms with Crippen LogP contribution in [0.1, 0.15) is 139 Å². The van der Waals surface area contributed by atoms with Crippen LogP contribution in [0.25, 0.3) is 0 Å². The van der Waals surface area contributed by atoms with E-state index in [9.17, 15) is 19.5 Å². The topological polar surface area (TPSA) is 92.7 Å². The van der Waals surface area contributed by atoms with Gasteiger partial charge in [0.25, 0.3) is 0 Å². The van der Waals surface area contributed by atoms with E-state index in [-0.39, 0.29) is 45.5 Å². The molecule has 282 valence electrons. The molecular formula is C45H67NO5. The van der Waals surface area contributed by atoms with Crippen LogP contribution < -0.4 is 5.32 Å². The van der Waals surface area contributed by atoms with Gasteiger partial charge in [-0.25, -0.2) is 0 Å². The van der Waals surface area contributed by atoms with E-state index >= 15 is 0 Å². The van der Waals surface area contributed by atoms with Crippen molar-refractivity contribution in [1.29, 1.82) is 0 Å². The number of carbonyl (C=O) groups is 3. The van der Waals surface area contributed by atoms with Gasteiger partial charge in [0.15, 0.2) is 5.78 Å². The molecule has 5 aliphatic carbocycles. The van der Waals surface area contributed by atoms with Gasteiger partial charge in [-0.05, 0) is 142 Å². The van der Waals surface area contributed by atoms with E-state index < -0.39 is 17.4 Å². The van der Waals surface area contributed by atoms with Crippen LogP contribution in [0, 0.1) is 56.2 Å². The average molecular weight is 702 g/mol. The van der Waals surface area contributed by atoms with Crippen molar-refractivity contribution in [3.05, 3.63) is 47.0 Å². The number of carboxylic acids is 1. The molecule has 1 unspecified atom stereocenters. The summed E-state index contributed by atoms with van der Waals surface area (Å²) in [4.78, 5) is 38.8. The molecule has 0 aliphatic heterocycles. The Bertz CT molecular complexity index is 1540. The van der Waals surface area contributed by atoms with Crippen LogP contribution in [0.5, 0.6) is 0 Å². The van der Waals surface area contributed by atoms with E-state index in [1.165, 1.54) is 24.0 Å². The summed E-state index contributed by atoms with van der Waals surface area (Å²) in [5, 5.41) is 13.4. The molecule has 2 N–H and O–H groups in total. The van der Waals surface area contributed by atoms with Gasteiger partial charge in [-0.15, -0.1) is 0 Å². The summed E-state index contributed by atoms with van der Waals surface area (Å²) in [6, 6.07) is 10.7. The molecule has 0 bridgehead atoms. The molecule has 0 spiro atoms. The van der Waals surface area contributed by atoms with Crippen molar-refractivity contribution in [1.82, 2.24) is 5.32 Å². The molecule has 4 saturated carbocycles. The first-order chi connectivity index (χ1) is 23.8. The highest BCUT2D eigenvalue weighted by molar-refractivity contribution is 6.00. The number of ether oxygens (including phenoxy) is 1. The first-order valence-electron chi connectivity index (χ1n) is 20.3. The van der Waals surface area contributed by atoms with Crippen molar-refractivity contribution in [3.63, 3.8) is 0 Å². The van der Waals surface area contributed by atoms with Gasteiger partial charge in [-0.3, -0.25) is 14.4 Å². The second-order valence-electron chi connectivity index (χ2n) is 19.9. The number of fused-ring (bicyclic) bond motifs is 7. The fourth-order valence-corrected chi connectivity index (χ4v) is 13.2. The predicted molar refractivity (Wildman–Crippen MR) is 203 cm³/mol. The van der Waals surface area contributed by atoms with Crippen molar-refractivity contribution in [3.8, 4) is 0 Å². The van der Waals surface area contributed by atoms with Crippen LogP contribution in [0.2, 0.25) is 0 Å². The molecule has 6 rings (SSSR count). The van der Waals surface area contributed by atoms with Gasteiger partial charge >= 0.3 is 11.9 Å². The Morgan fingerprint density at radius 1 is 0.902 bits per heavy atom. The van der Waals surface area contributed by atoms with Crippen molar-refractivity contribution < 1.29 is 24.2 Å². The summed E-state index contributed by atoms with van der Waals surface area (Å²) in [5.74, 6) is 0.738. The van der Waals surface area contributed by atoms with Crippen molar-refractivity contribution in [2.75, 3.05) is 13.1 Å². The zero-order valence-corrected chi connectivity index (χ0v) is 33.3. The summed E-state index contributed by atoms with van der Waals surface area (Å²) >= 11 is 0. The van der Waals surface area contributed by atoms with Crippen LogP contribution in [0.15, 0.2) is 41.5 Å². The number of aliphatic carboxylic acids is 1. The molecule has 0 heterocycles. The van der Waals surface area contributed by atoms with Gasteiger partial charge in [0, 0.05) is 17.3 Å².